The average molecular weight is 331 g/mol. The SMILES string of the molecule is O=C(N1CCS(=O)CC1)C1(Cc2ccccc2)CC2CCC1C2. The smallest absolute Gasteiger partial charge is 0.229 e. The molecule has 124 valence electrons. The van der Waals surface area contributed by atoms with Crippen molar-refractivity contribution in [3.63, 3.8) is 0 Å². The van der Waals surface area contributed by atoms with Gasteiger partial charge in [-0.2, -0.15) is 0 Å². The number of benzene rings is 1. The number of nitrogens with zero attached hydrogens (tertiary/aromatic N) is 1. The van der Waals surface area contributed by atoms with Gasteiger partial charge < -0.3 is 4.90 Å². The zero-order chi connectivity index (χ0) is 15.9. The van der Waals surface area contributed by atoms with Gasteiger partial charge in [-0.3, -0.25) is 9.00 Å². The van der Waals surface area contributed by atoms with Crippen LogP contribution in [0.5, 0.6) is 0 Å². The number of hydrogen-bond donors (Lipinski definition) is 0. The molecule has 23 heavy (non-hydrogen) atoms. The summed E-state index contributed by atoms with van der Waals surface area (Å²) in [6.45, 7) is 1.36. The summed E-state index contributed by atoms with van der Waals surface area (Å²) in [6.07, 6.45) is 5.69. The molecule has 2 bridgehead atoms. The summed E-state index contributed by atoms with van der Waals surface area (Å²) in [7, 11) is -0.726. The van der Waals surface area contributed by atoms with E-state index in [1.807, 2.05) is 11.0 Å². The molecule has 1 heterocycles. The van der Waals surface area contributed by atoms with E-state index in [1.54, 1.807) is 0 Å². The van der Waals surface area contributed by atoms with Crippen LogP contribution in [-0.4, -0.2) is 39.6 Å². The fourth-order valence-corrected chi connectivity index (χ4v) is 6.17. The second-order valence-electron chi connectivity index (χ2n) is 7.54. The van der Waals surface area contributed by atoms with Crippen LogP contribution in [0, 0.1) is 17.3 Å². The fourth-order valence-electron chi connectivity index (χ4n) is 5.11. The van der Waals surface area contributed by atoms with Crippen LogP contribution in [0.2, 0.25) is 0 Å². The molecule has 4 heteroatoms. The molecule has 3 aliphatic rings. The summed E-state index contributed by atoms with van der Waals surface area (Å²) in [6, 6.07) is 10.5. The summed E-state index contributed by atoms with van der Waals surface area (Å²) in [5, 5.41) is 0. The Bertz CT molecular complexity index is 607. The van der Waals surface area contributed by atoms with Crippen LogP contribution in [0.15, 0.2) is 30.3 Å². The van der Waals surface area contributed by atoms with Gasteiger partial charge in [0.25, 0.3) is 0 Å². The summed E-state index contributed by atoms with van der Waals surface area (Å²) in [5.41, 5.74) is 1.09. The maximum atomic E-state index is 13.5. The third-order valence-electron chi connectivity index (χ3n) is 6.23. The fraction of sp³-hybridized carbons (Fsp3) is 0.632. The highest BCUT2D eigenvalue weighted by Crippen LogP contribution is 2.58. The second-order valence-corrected chi connectivity index (χ2v) is 9.24. The topological polar surface area (TPSA) is 37.4 Å². The molecule has 3 nitrogen and oxygen atoms in total. The third-order valence-corrected chi connectivity index (χ3v) is 7.50. The Hall–Kier alpha value is -1.16. The summed E-state index contributed by atoms with van der Waals surface area (Å²) >= 11 is 0. The first-order valence-corrected chi connectivity index (χ1v) is 10.3. The maximum absolute atomic E-state index is 13.5. The highest BCUT2D eigenvalue weighted by Gasteiger charge is 2.56. The first-order valence-electron chi connectivity index (χ1n) is 8.86. The van der Waals surface area contributed by atoms with Gasteiger partial charge in [0.15, 0.2) is 0 Å². The molecular formula is C19H25NO2S. The van der Waals surface area contributed by atoms with E-state index in [0.717, 1.165) is 18.8 Å². The van der Waals surface area contributed by atoms with Crippen molar-refractivity contribution >= 4 is 16.7 Å². The Labute approximate surface area is 140 Å². The highest BCUT2D eigenvalue weighted by atomic mass is 32.2. The van der Waals surface area contributed by atoms with E-state index in [0.29, 0.717) is 36.4 Å². The van der Waals surface area contributed by atoms with E-state index >= 15 is 0 Å². The van der Waals surface area contributed by atoms with Gasteiger partial charge in [-0.15, -0.1) is 0 Å². The lowest BCUT2D eigenvalue weighted by Crippen LogP contribution is -2.52. The van der Waals surface area contributed by atoms with E-state index in [9.17, 15) is 9.00 Å². The molecule has 3 unspecified atom stereocenters. The van der Waals surface area contributed by atoms with Gasteiger partial charge in [0.1, 0.15) is 0 Å². The molecule has 2 aliphatic carbocycles. The van der Waals surface area contributed by atoms with Crippen molar-refractivity contribution in [1.82, 2.24) is 4.90 Å². The zero-order valence-electron chi connectivity index (χ0n) is 13.6. The van der Waals surface area contributed by atoms with E-state index in [4.69, 9.17) is 0 Å². The molecule has 1 amide bonds. The Balaban J connectivity index is 1.61. The Morgan fingerprint density at radius 3 is 2.52 bits per heavy atom. The molecule has 3 atom stereocenters. The van der Waals surface area contributed by atoms with E-state index in [-0.39, 0.29) is 5.41 Å². The number of carbonyl (C=O) groups is 1. The molecule has 4 rings (SSSR count). The maximum Gasteiger partial charge on any atom is 0.229 e. The largest absolute Gasteiger partial charge is 0.340 e. The minimum absolute atomic E-state index is 0.191. The summed E-state index contributed by atoms with van der Waals surface area (Å²) in [4.78, 5) is 15.5. The second kappa shape index (κ2) is 6.04. The van der Waals surface area contributed by atoms with Crippen molar-refractivity contribution < 1.29 is 9.00 Å². The van der Waals surface area contributed by atoms with Crippen molar-refractivity contribution in [2.45, 2.75) is 32.1 Å². The molecule has 2 saturated carbocycles. The van der Waals surface area contributed by atoms with Gasteiger partial charge in [0.2, 0.25) is 5.91 Å². The van der Waals surface area contributed by atoms with Gasteiger partial charge in [-0.25, -0.2) is 0 Å². The molecule has 0 N–H and O–H groups in total. The van der Waals surface area contributed by atoms with Crippen LogP contribution in [0.25, 0.3) is 0 Å². The minimum atomic E-state index is -0.726. The number of fused-ring (bicyclic) bond motifs is 2. The van der Waals surface area contributed by atoms with Gasteiger partial charge in [0, 0.05) is 35.4 Å². The highest BCUT2D eigenvalue weighted by molar-refractivity contribution is 7.85. The lowest BCUT2D eigenvalue weighted by molar-refractivity contribution is -0.145. The van der Waals surface area contributed by atoms with Crippen molar-refractivity contribution in [1.29, 1.82) is 0 Å². The molecule has 1 saturated heterocycles. The molecule has 1 aliphatic heterocycles. The zero-order valence-corrected chi connectivity index (χ0v) is 14.4. The normalized spacial score (nSPS) is 34.0. The van der Waals surface area contributed by atoms with Crippen molar-refractivity contribution in [3.05, 3.63) is 35.9 Å². The van der Waals surface area contributed by atoms with E-state index in [1.165, 1.54) is 24.8 Å². The molecule has 0 aromatic heterocycles. The van der Waals surface area contributed by atoms with Crippen molar-refractivity contribution in [3.8, 4) is 0 Å². The first kappa shape index (κ1) is 15.4. The minimum Gasteiger partial charge on any atom is -0.340 e. The predicted octanol–water partition coefficient (Wildman–Crippen LogP) is 2.63. The lowest BCUT2D eigenvalue weighted by atomic mass is 9.68. The van der Waals surface area contributed by atoms with Crippen LogP contribution in [0.4, 0.5) is 0 Å². The predicted molar refractivity (Wildman–Crippen MR) is 92.5 cm³/mol. The molecular weight excluding hydrogens is 306 g/mol. The van der Waals surface area contributed by atoms with Gasteiger partial charge >= 0.3 is 0 Å². The number of carbonyl (C=O) groups excluding carboxylic acids is 1. The van der Waals surface area contributed by atoms with Crippen LogP contribution < -0.4 is 0 Å². The molecule has 1 aromatic rings. The molecule has 0 radical (unpaired) electrons. The van der Waals surface area contributed by atoms with Crippen LogP contribution >= 0.6 is 0 Å². The van der Waals surface area contributed by atoms with Gasteiger partial charge in [0.05, 0.1) is 5.41 Å². The van der Waals surface area contributed by atoms with E-state index < -0.39 is 10.8 Å². The molecule has 3 fully saturated rings. The van der Waals surface area contributed by atoms with Crippen LogP contribution in [0.3, 0.4) is 0 Å². The Kier molecular flexibility index (Phi) is 4.04. The summed E-state index contributed by atoms with van der Waals surface area (Å²) < 4.78 is 11.6. The monoisotopic (exact) mass is 331 g/mol. The first-order chi connectivity index (χ1) is 11.2. The lowest BCUT2D eigenvalue weighted by Gasteiger charge is -2.41. The third kappa shape index (κ3) is 2.75. The van der Waals surface area contributed by atoms with Gasteiger partial charge in [-0.05, 0) is 43.1 Å². The quantitative estimate of drug-likeness (QED) is 0.854. The molecule has 1 aromatic carbocycles. The number of rotatable bonds is 3. The number of amides is 1. The Morgan fingerprint density at radius 2 is 1.91 bits per heavy atom. The molecule has 0 spiro atoms. The van der Waals surface area contributed by atoms with Gasteiger partial charge in [-0.1, -0.05) is 36.8 Å². The van der Waals surface area contributed by atoms with Crippen molar-refractivity contribution in [2.75, 3.05) is 24.6 Å². The Morgan fingerprint density at radius 1 is 1.17 bits per heavy atom. The summed E-state index contributed by atoms with van der Waals surface area (Å²) in [5.74, 6) is 2.95. The van der Waals surface area contributed by atoms with Crippen molar-refractivity contribution in [2.24, 2.45) is 17.3 Å². The average Bonchev–Trinajstić information content (AvgIpc) is 3.17. The number of hydrogen-bond acceptors (Lipinski definition) is 2. The standard InChI is InChI=1S/C19H25NO2S/c21-18(20-8-10-23(22)11-9-20)19(13-15-4-2-1-3-5-15)14-16-6-7-17(19)12-16/h1-5,16-17H,6-14H2. The van der Waals surface area contributed by atoms with Crippen LogP contribution in [0.1, 0.15) is 31.2 Å². The van der Waals surface area contributed by atoms with Crippen LogP contribution in [-0.2, 0) is 22.0 Å². The van der Waals surface area contributed by atoms with E-state index in [2.05, 4.69) is 24.3 Å².